The Morgan fingerprint density at radius 1 is 1.42 bits per heavy atom. The van der Waals surface area contributed by atoms with Gasteiger partial charge < -0.3 is 9.55 Å². The Balaban J connectivity index is 2.13. The molecule has 3 rings (SSSR count). The lowest BCUT2D eigenvalue weighted by atomic mass is 10.2. The van der Waals surface area contributed by atoms with Crippen molar-refractivity contribution in [2.24, 2.45) is 12.0 Å². The van der Waals surface area contributed by atoms with Crippen LogP contribution in [0.3, 0.4) is 0 Å². The SMILES string of the molecule is Cn1ccsc1=NC(=O)c1[nH]c2ccccc2c1Cl. The smallest absolute Gasteiger partial charge is 0.297 e. The Kier molecular flexibility index (Phi) is 3.00. The first kappa shape index (κ1) is 12.2. The predicted molar refractivity (Wildman–Crippen MR) is 76.5 cm³/mol. The second-order valence-electron chi connectivity index (χ2n) is 4.07. The first-order valence-electron chi connectivity index (χ1n) is 5.62. The van der Waals surface area contributed by atoms with E-state index in [0.717, 1.165) is 10.9 Å². The summed E-state index contributed by atoms with van der Waals surface area (Å²) in [6.45, 7) is 0. The van der Waals surface area contributed by atoms with Gasteiger partial charge in [-0.2, -0.15) is 4.99 Å². The van der Waals surface area contributed by atoms with Gasteiger partial charge in [0.2, 0.25) is 0 Å². The second kappa shape index (κ2) is 4.68. The van der Waals surface area contributed by atoms with E-state index in [0.29, 0.717) is 15.5 Å². The Bertz CT molecular complexity index is 828. The molecular formula is C13H10ClN3OS. The molecule has 4 nitrogen and oxygen atoms in total. The monoisotopic (exact) mass is 291 g/mol. The molecule has 1 N–H and O–H groups in total. The number of carbonyl (C=O) groups is 1. The van der Waals surface area contributed by atoms with E-state index < -0.39 is 0 Å². The summed E-state index contributed by atoms with van der Waals surface area (Å²) >= 11 is 7.62. The number of H-pyrrole nitrogens is 1. The van der Waals surface area contributed by atoms with Crippen molar-refractivity contribution in [3.05, 3.63) is 51.4 Å². The highest BCUT2D eigenvalue weighted by Crippen LogP contribution is 2.27. The molecule has 0 aliphatic heterocycles. The summed E-state index contributed by atoms with van der Waals surface area (Å²) in [5.74, 6) is -0.362. The van der Waals surface area contributed by atoms with Crippen LogP contribution in [0, 0.1) is 0 Å². The number of para-hydroxylation sites is 1. The molecule has 0 unspecified atom stereocenters. The summed E-state index contributed by atoms with van der Waals surface area (Å²) in [6, 6.07) is 7.52. The third kappa shape index (κ3) is 2.11. The normalized spacial score (nSPS) is 12.2. The fourth-order valence-electron chi connectivity index (χ4n) is 1.83. The van der Waals surface area contributed by atoms with Crippen molar-refractivity contribution < 1.29 is 4.79 Å². The Morgan fingerprint density at radius 2 is 2.21 bits per heavy atom. The maximum absolute atomic E-state index is 12.2. The number of halogens is 1. The molecule has 0 radical (unpaired) electrons. The average molecular weight is 292 g/mol. The van der Waals surface area contributed by atoms with Crippen molar-refractivity contribution in [3.8, 4) is 0 Å². The van der Waals surface area contributed by atoms with Crippen LogP contribution in [0.25, 0.3) is 10.9 Å². The Morgan fingerprint density at radius 3 is 2.89 bits per heavy atom. The molecule has 0 saturated carbocycles. The number of aromatic amines is 1. The number of hydrogen-bond acceptors (Lipinski definition) is 2. The summed E-state index contributed by atoms with van der Waals surface area (Å²) in [5, 5.41) is 3.13. The van der Waals surface area contributed by atoms with Crippen LogP contribution in [0.1, 0.15) is 10.5 Å². The predicted octanol–water partition coefficient (Wildman–Crippen LogP) is 2.96. The first-order valence-corrected chi connectivity index (χ1v) is 6.88. The molecule has 0 atom stereocenters. The van der Waals surface area contributed by atoms with Gasteiger partial charge in [0.1, 0.15) is 5.69 Å². The molecule has 2 aromatic heterocycles. The molecule has 19 heavy (non-hydrogen) atoms. The fourth-order valence-corrected chi connectivity index (χ4v) is 2.85. The van der Waals surface area contributed by atoms with Gasteiger partial charge in [0.05, 0.1) is 5.02 Å². The van der Waals surface area contributed by atoms with Crippen molar-refractivity contribution >= 4 is 39.7 Å². The number of aryl methyl sites for hydroxylation is 1. The highest BCUT2D eigenvalue weighted by molar-refractivity contribution is 7.07. The van der Waals surface area contributed by atoms with E-state index in [9.17, 15) is 4.79 Å². The van der Waals surface area contributed by atoms with E-state index in [2.05, 4.69) is 9.98 Å². The maximum Gasteiger partial charge on any atom is 0.297 e. The second-order valence-corrected chi connectivity index (χ2v) is 5.32. The van der Waals surface area contributed by atoms with E-state index in [-0.39, 0.29) is 5.91 Å². The number of nitrogens with zero attached hydrogens (tertiary/aromatic N) is 2. The van der Waals surface area contributed by atoms with Crippen LogP contribution in [0.15, 0.2) is 40.8 Å². The fraction of sp³-hybridized carbons (Fsp3) is 0.0769. The van der Waals surface area contributed by atoms with Gasteiger partial charge in [0.15, 0.2) is 4.80 Å². The topological polar surface area (TPSA) is 50.1 Å². The zero-order valence-corrected chi connectivity index (χ0v) is 11.6. The molecule has 1 aromatic carbocycles. The summed E-state index contributed by atoms with van der Waals surface area (Å²) < 4.78 is 1.79. The van der Waals surface area contributed by atoms with Crippen LogP contribution in [0.4, 0.5) is 0 Å². The van der Waals surface area contributed by atoms with Crippen molar-refractivity contribution in [2.75, 3.05) is 0 Å². The highest BCUT2D eigenvalue weighted by Gasteiger charge is 2.15. The number of rotatable bonds is 1. The molecule has 1 amide bonds. The van der Waals surface area contributed by atoms with Gasteiger partial charge in [0, 0.05) is 29.5 Å². The van der Waals surface area contributed by atoms with Gasteiger partial charge in [-0.1, -0.05) is 29.8 Å². The zero-order chi connectivity index (χ0) is 13.4. The van der Waals surface area contributed by atoms with Crippen LogP contribution < -0.4 is 4.80 Å². The number of hydrogen-bond donors (Lipinski definition) is 1. The molecule has 0 aliphatic carbocycles. The number of thiazole rings is 1. The number of amides is 1. The van der Waals surface area contributed by atoms with Crippen LogP contribution in [-0.4, -0.2) is 15.5 Å². The van der Waals surface area contributed by atoms with Crippen LogP contribution in [-0.2, 0) is 7.05 Å². The summed E-state index contributed by atoms with van der Waals surface area (Å²) in [5.41, 5.74) is 1.16. The Labute approximate surface area is 118 Å². The molecule has 96 valence electrons. The standard InChI is InChI=1S/C13H10ClN3OS/c1-17-6-7-19-13(17)16-12(18)11-10(14)8-4-2-3-5-9(8)15-11/h2-7,15H,1H3. The van der Waals surface area contributed by atoms with Crippen LogP contribution in [0.2, 0.25) is 5.02 Å². The van der Waals surface area contributed by atoms with Crippen molar-refractivity contribution in [3.63, 3.8) is 0 Å². The molecule has 0 fully saturated rings. The lowest BCUT2D eigenvalue weighted by Gasteiger charge is -1.92. The largest absolute Gasteiger partial charge is 0.349 e. The van der Waals surface area contributed by atoms with Crippen molar-refractivity contribution in [1.82, 2.24) is 9.55 Å². The van der Waals surface area contributed by atoms with Crippen molar-refractivity contribution in [2.45, 2.75) is 0 Å². The number of fused-ring (bicyclic) bond motifs is 1. The van der Waals surface area contributed by atoms with Crippen LogP contribution in [0.5, 0.6) is 0 Å². The molecule has 0 aliphatic rings. The van der Waals surface area contributed by atoms with Gasteiger partial charge in [-0.15, -0.1) is 11.3 Å². The summed E-state index contributed by atoms with van der Waals surface area (Å²) in [7, 11) is 1.84. The molecule has 0 saturated heterocycles. The Hall–Kier alpha value is -1.85. The third-order valence-electron chi connectivity index (χ3n) is 2.81. The number of benzene rings is 1. The quantitative estimate of drug-likeness (QED) is 0.736. The van der Waals surface area contributed by atoms with Crippen LogP contribution >= 0.6 is 22.9 Å². The molecule has 0 bridgehead atoms. The lowest BCUT2D eigenvalue weighted by Crippen LogP contribution is -2.12. The van der Waals surface area contributed by atoms with Gasteiger partial charge in [0.25, 0.3) is 5.91 Å². The van der Waals surface area contributed by atoms with Gasteiger partial charge in [-0.3, -0.25) is 4.79 Å². The zero-order valence-electron chi connectivity index (χ0n) is 10.1. The number of carbonyl (C=O) groups excluding carboxylic acids is 1. The number of aromatic nitrogens is 2. The molecule has 3 aromatic rings. The van der Waals surface area contributed by atoms with E-state index in [1.165, 1.54) is 11.3 Å². The molecular weight excluding hydrogens is 282 g/mol. The lowest BCUT2D eigenvalue weighted by molar-refractivity contribution is 0.0994. The first-order chi connectivity index (χ1) is 9.16. The third-order valence-corrected chi connectivity index (χ3v) is 4.05. The van der Waals surface area contributed by atoms with Gasteiger partial charge >= 0.3 is 0 Å². The highest BCUT2D eigenvalue weighted by atomic mass is 35.5. The summed E-state index contributed by atoms with van der Waals surface area (Å²) in [4.78, 5) is 19.9. The van der Waals surface area contributed by atoms with Crippen molar-refractivity contribution in [1.29, 1.82) is 0 Å². The molecule has 2 heterocycles. The minimum atomic E-state index is -0.362. The van der Waals surface area contributed by atoms with Gasteiger partial charge in [-0.05, 0) is 6.07 Å². The van der Waals surface area contributed by atoms with E-state index >= 15 is 0 Å². The van der Waals surface area contributed by atoms with E-state index in [1.807, 2.05) is 42.9 Å². The minimum Gasteiger partial charge on any atom is -0.349 e. The van der Waals surface area contributed by atoms with E-state index in [1.54, 1.807) is 4.57 Å². The number of nitrogens with one attached hydrogen (secondary N) is 1. The summed E-state index contributed by atoms with van der Waals surface area (Å²) in [6.07, 6.45) is 1.85. The van der Waals surface area contributed by atoms with E-state index in [4.69, 9.17) is 11.6 Å². The minimum absolute atomic E-state index is 0.330. The average Bonchev–Trinajstić information content (AvgIpc) is 2.95. The van der Waals surface area contributed by atoms with Gasteiger partial charge in [-0.25, -0.2) is 0 Å². The molecule has 6 heteroatoms. The molecule has 0 spiro atoms. The maximum atomic E-state index is 12.2.